The van der Waals surface area contributed by atoms with Crippen LogP contribution < -0.4 is 10.6 Å². The third-order valence-corrected chi connectivity index (χ3v) is 6.93. The molecule has 0 aromatic heterocycles. The molecule has 0 atom stereocenters. The lowest BCUT2D eigenvalue weighted by Crippen LogP contribution is -2.51. The molecule has 2 aromatic rings. The number of ether oxygens (including phenoxy) is 1. The second kappa shape index (κ2) is 12.5. The Labute approximate surface area is 223 Å². The van der Waals surface area contributed by atoms with Crippen LogP contribution in [0.1, 0.15) is 34.3 Å². The number of halogens is 3. The van der Waals surface area contributed by atoms with Crippen LogP contribution in [0.2, 0.25) is 0 Å². The zero-order valence-corrected chi connectivity index (χ0v) is 21.3. The van der Waals surface area contributed by atoms with E-state index in [0.29, 0.717) is 31.6 Å². The van der Waals surface area contributed by atoms with E-state index in [-0.39, 0.29) is 54.9 Å². The number of hydrogen-bond acceptors (Lipinski definition) is 5. The Balaban J connectivity index is 1.31. The summed E-state index contributed by atoms with van der Waals surface area (Å²) in [4.78, 5) is 40.7. The molecule has 2 aliphatic rings. The topological polar surface area (TPSA) is 111 Å². The number of urea groups is 1. The Morgan fingerprint density at radius 2 is 1.74 bits per heavy atom. The van der Waals surface area contributed by atoms with Crippen LogP contribution in [0.15, 0.2) is 42.5 Å². The Bertz CT molecular complexity index is 1190. The summed E-state index contributed by atoms with van der Waals surface area (Å²) in [6.45, 7) is -0.937. The molecule has 12 heteroatoms. The maximum atomic E-state index is 14.7. The number of benzene rings is 2. The first-order chi connectivity index (χ1) is 18.7. The highest BCUT2D eigenvalue weighted by molar-refractivity contribution is 5.98. The molecule has 0 radical (unpaired) electrons. The van der Waals surface area contributed by atoms with Crippen LogP contribution in [-0.4, -0.2) is 85.0 Å². The Kier molecular flexibility index (Phi) is 9.08. The lowest BCUT2D eigenvalue weighted by Gasteiger charge is -2.34. The lowest BCUT2D eigenvalue weighted by molar-refractivity contribution is -0.135. The zero-order valence-electron chi connectivity index (χ0n) is 21.3. The van der Waals surface area contributed by atoms with Crippen LogP contribution in [0.3, 0.4) is 0 Å². The lowest BCUT2D eigenvalue weighted by atomic mass is 9.95. The van der Waals surface area contributed by atoms with E-state index in [0.717, 1.165) is 6.07 Å². The van der Waals surface area contributed by atoms with E-state index in [1.165, 1.54) is 29.2 Å². The molecule has 4 amide bonds. The largest absolute Gasteiger partial charge is 0.381 e. The van der Waals surface area contributed by atoms with Crippen molar-refractivity contribution >= 4 is 23.5 Å². The summed E-state index contributed by atoms with van der Waals surface area (Å²) >= 11 is 0. The maximum absolute atomic E-state index is 14.7. The van der Waals surface area contributed by atoms with Crippen molar-refractivity contribution in [1.82, 2.24) is 15.1 Å². The Hall–Kier alpha value is -3.64. The van der Waals surface area contributed by atoms with Crippen LogP contribution in [0.4, 0.5) is 23.7 Å². The normalized spacial score (nSPS) is 16.8. The number of carbonyl (C=O) groups excluding carboxylic acids is 3. The number of amides is 4. The van der Waals surface area contributed by atoms with Gasteiger partial charge in [-0.25, -0.2) is 18.0 Å². The third-order valence-electron chi connectivity index (χ3n) is 6.93. The first kappa shape index (κ1) is 28.4. The summed E-state index contributed by atoms with van der Waals surface area (Å²) in [7, 11) is 0. The average molecular weight is 549 g/mol. The van der Waals surface area contributed by atoms with Crippen LogP contribution in [0.5, 0.6) is 0 Å². The predicted molar refractivity (Wildman–Crippen MR) is 136 cm³/mol. The molecule has 3 N–H and O–H groups in total. The van der Waals surface area contributed by atoms with Gasteiger partial charge in [-0.15, -0.1) is 0 Å². The number of aliphatic hydroxyl groups is 1. The van der Waals surface area contributed by atoms with Gasteiger partial charge < -0.3 is 30.3 Å². The van der Waals surface area contributed by atoms with Gasteiger partial charge in [0.15, 0.2) is 0 Å². The molecule has 2 aliphatic heterocycles. The summed E-state index contributed by atoms with van der Waals surface area (Å²) in [6, 6.07) is 9.13. The van der Waals surface area contributed by atoms with Gasteiger partial charge in [0.1, 0.15) is 31.3 Å². The molecule has 9 nitrogen and oxygen atoms in total. The van der Waals surface area contributed by atoms with Crippen LogP contribution >= 0.6 is 0 Å². The van der Waals surface area contributed by atoms with Gasteiger partial charge in [0.25, 0.3) is 5.91 Å². The standard InChI is InChI=1S/C27H31F3N4O5/c28-16-27(38,17-29)20-4-1-18(2-5-20)14-33-9-10-34(15-24(33)35)25(36)19-3-6-23(22(30)13-19)32-26(37)31-21-7-11-39-12-8-21/h1-6,13,21,38H,7-12,14-17H2,(H2,31,32,37). The second-order valence-corrected chi connectivity index (χ2v) is 9.72. The van der Waals surface area contributed by atoms with Gasteiger partial charge in [0, 0.05) is 44.5 Å². The molecular formula is C27H31F3N4O5. The average Bonchev–Trinajstić information content (AvgIpc) is 2.95. The van der Waals surface area contributed by atoms with Crippen molar-refractivity contribution in [1.29, 1.82) is 0 Å². The molecule has 2 aromatic carbocycles. The number of alkyl halides is 2. The van der Waals surface area contributed by atoms with Crippen molar-refractivity contribution in [2.45, 2.75) is 31.0 Å². The highest BCUT2D eigenvalue weighted by Crippen LogP contribution is 2.24. The molecule has 210 valence electrons. The molecule has 0 saturated carbocycles. The van der Waals surface area contributed by atoms with Crippen molar-refractivity contribution < 1.29 is 37.4 Å². The van der Waals surface area contributed by atoms with Crippen molar-refractivity contribution in [3.8, 4) is 0 Å². The molecule has 4 rings (SSSR count). The van der Waals surface area contributed by atoms with Crippen LogP contribution in [0.25, 0.3) is 0 Å². The Morgan fingerprint density at radius 3 is 2.36 bits per heavy atom. The minimum absolute atomic E-state index is 0.0490. The molecule has 2 fully saturated rings. The summed E-state index contributed by atoms with van der Waals surface area (Å²) in [5, 5.41) is 15.2. The highest BCUT2D eigenvalue weighted by Gasteiger charge is 2.31. The summed E-state index contributed by atoms with van der Waals surface area (Å²) in [5.74, 6) is -1.60. The van der Waals surface area contributed by atoms with Gasteiger partial charge in [-0.3, -0.25) is 9.59 Å². The van der Waals surface area contributed by atoms with Crippen molar-refractivity contribution in [3.63, 3.8) is 0 Å². The van der Waals surface area contributed by atoms with E-state index < -0.39 is 36.7 Å². The predicted octanol–water partition coefficient (Wildman–Crippen LogP) is 2.74. The van der Waals surface area contributed by atoms with Gasteiger partial charge in [-0.2, -0.15) is 0 Å². The highest BCUT2D eigenvalue weighted by atomic mass is 19.1. The first-order valence-electron chi connectivity index (χ1n) is 12.7. The van der Waals surface area contributed by atoms with E-state index >= 15 is 0 Å². The zero-order chi connectivity index (χ0) is 28.0. The van der Waals surface area contributed by atoms with E-state index in [1.807, 2.05) is 0 Å². The minimum atomic E-state index is -2.19. The summed E-state index contributed by atoms with van der Waals surface area (Å²) < 4.78 is 46.0. The van der Waals surface area contributed by atoms with E-state index in [1.54, 1.807) is 17.0 Å². The SMILES string of the molecule is O=C(Nc1ccc(C(=O)N2CCN(Cc3ccc(C(O)(CF)CF)cc3)C(=O)C2)cc1F)NC1CCOCC1. The van der Waals surface area contributed by atoms with Gasteiger partial charge in [0.2, 0.25) is 5.91 Å². The molecule has 0 bridgehead atoms. The molecule has 2 saturated heterocycles. The Morgan fingerprint density at radius 1 is 1.05 bits per heavy atom. The van der Waals surface area contributed by atoms with Gasteiger partial charge in [-0.05, 0) is 42.2 Å². The molecule has 39 heavy (non-hydrogen) atoms. The summed E-state index contributed by atoms with van der Waals surface area (Å²) in [6.07, 6.45) is 1.35. The second-order valence-electron chi connectivity index (χ2n) is 9.72. The number of nitrogens with zero attached hydrogens (tertiary/aromatic N) is 2. The number of piperazine rings is 1. The van der Waals surface area contributed by atoms with E-state index in [9.17, 15) is 32.7 Å². The maximum Gasteiger partial charge on any atom is 0.319 e. The molecule has 0 aliphatic carbocycles. The minimum Gasteiger partial charge on any atom is -0.381 e. The fourth-order valence-electron chi connectivity index (χ4n) is 4.50. The van der Waals surface area contributed by atoms with Crippen LogP contribution in [0, 0.1) is 5.82 Å². The monoisotopic (exact) mass is 548 g/mol. The number of rotatable bonds is 8. The van der Waals surface area contributed by atoms with E-state index in [4.69, 9.17) is 4.74 Å². The van der Waals surface area contributed by atoms with Gasteiger partial charge in [-0.1, -0.05) is 24.3 Å². The molecular weight excluding hydrogens is 517 g/mol. The number of carbonyl (C=O) groups is 3. The fourth-order valence-corrected chi connectivity index (χ4v) is 4.50. The van der Waals surface area contributed by atoms with Crippen LogP contribution in [-0.2, 0) is 21.7 Å². The van der Waals surface area contributed by atoms with E-state index in [2.05, 4.69) is 10.6 Å². The smallest absolute Gasteiger partial charge is 0.319 e. The van der Waals surface area contributed by atoms with Crippen molar-refractivity contribution in [2.75, 3.05) is 51.5 Å². The van der Waals surface area contributed by atoms with Crippen molar-refractivity contribution in [3.05, 3.63) is 65.0 Å². The number of nitrogens with one attached hydrogen (secondary N) is 2. The summed E-state index contributed by atoms with van der Waals surface area (Å²) in [5.41, 5.74) is -1.41. The third kappa shape index (κ3) is 6.87. The molecule has 2 heterocycles. The van der Waals surface area contributed by atoms with Crippen molar-refractivity contribution in [2.24, 2.45) is 0 Å². The fraction of sp³-hybridized carbons (Fsp3) is 0.444. The number of hydrogen-bond donors (Lipinski definition) is 3. The van der Waals surface area contributed by atoms with Gasteiger partial charge in [0.05, 0.1) is 5.69 Å². The quantitative estimate of drug-likeness (QED) is 0.470. The van der Waals surface area contributed by atoms with Gasteiger partial charge >= 0.3 is 6.03 Å². The molecule has 0 unspecified atom stereocenters. The first-order valence-corrected chi connectivity index (χ1v) is 12.7. The number of anilines is 1. The molecule has 0 spiro atoms.